The van der Waals surface area contributed by atoms with Gasteiger partial charge < -0.3 is 24.8 Å². The van der Waals surface area contributed by atoms with Crippen molar-refractivity contribution < 1.29 is 24.2 Å². The average molecular weight is 371 g/mol. The summed E-state index contributed by atoms with van der Waals surface area (Å²) in [5.74, 6) is -0.111. The van der Waals surface area contributed by atoms with Crippen molar-refractivity contribution in [1.82, 2.24) is 10.3 Å². The number of ether oxygens (including phenoxy) is 2. The standard InChI is InChI=1S/C19H21N3O5/c1-4-22-12-5-6-13(26-2)17(27-3)14(12)16(23)15(19(22)25)21-18(24)11-7-9-20-10-8-11/h5-10,15-16,23H,4H2,1-3H3,(H,21,24). The lowest BCUT2D eigenvalue weighted by Crippen LogP contribution is -2.55. The van der Waals surface area contributed by atoms with Crippen molar-refractivity contribution in [3.05, 3.63) is 47.8 Å². The van der Waals surface area contributed by atoms with Crippen LogP contribution >= 0.6 is 0 Å². The largest absolute Gasteiger partial charge is 0.493 e. The number of aliphatic hydroxyl groups excluding tert-OH is 1. The quantitative estimate of drug-likeness (QED) is 0.822. The Kier molecular flexibility index (Phi) is 5.27. The molecule has 2 heterocycles. The van der Waals surface area contributed by atoms with E-state index in [0.29, 0.717) is 34.9 Å². The molecule has 2 N–H and O–H groups in total. The van der Waals surface area contributed by atoms with Crippen LogP contribution < -0.4 is 19.7 Å². The van der Waals surface area contributed by atoms with E-state index in [0.717, 1.165) is 0 Å². The first kappa shape index (κ1) is 18.7. The smallest absolute Gasteiger partial charge is 0.252 e. The zero-order valence-corrected chi connectivity index (χ0v) is 15.3. The van der Waals surface area contributed by atoms with Crippen molar-refractivity contribution in [3.8, 4) is 11.5 Å². The second-order valence-corrected chi connectivity index (χ2v) is 5.95. The Bertz CT molecular complexity index is 856. The summed E-state index contributed by atoms with van der Waals surface area (Å²) in [5, 5.41) is 13.5. The Labute approximate surface area is 156 Å². The van der Waals surface area contributed by atoms with E-state index in [2.05, 4.69) is 10.3 Å². The molecule has 0 spiro atoms. The zero-order chi connectivity index (χ0) is 19.6. The Hall–Kier alpha value is -3.13. The van der Waals surface area contributed by atoms with Crippen molar-refractivity contribution in [2.24, 2.45) is 0 Å². The van der Waals surface area contributed by atoms with E-state index in [1.165, 1.54) is 43.6 Å². The van der Waals surface area contributed by atoms with Crippen LogP contribution in [0.4, 0.5) is 5.69 Å². The molecule has 0 aliphatic carbocycles. The van der Waals surface area contributed by atoms with E-state index in [-0.39, 0.29) is 0 Å². The zero-order valence-electron chi connectivity index (χ0n) is 15.3. The molecule has 0 bridgehead atoms. The lowest BCUT2D eigenvalue weighted by atomic mass is 9.92. The van der Waals surface area contributed by atoms with Gasteiger partial charge in [-0.15, -0.1) is 0 Å². The minimum atomic E-state index is -1.29. The van der Waals surface area contributed by atoms with Crippen molar-refractivity contribution >= 4 is 17.5 Å². The lowest BCUT2D eigenvalue weighted by molar-refractivity contribution is -0.123. The van der Waals surface area contributed by atoms with Gasteiger partial charge in [0.1, 0.15) is 12.1 Å². The topological polar surface area (TPSA) is 101 Å². The van der Waals surface area contributed by atoms with Gasteiger partial charge in [0.25, 0.3) is 11.8 Å². The highest BCUT2D eigenvalue weighted by Crippen LogP contribution is 2.45. The molecule has 8 heteroatoms. The number of aliphatic hydroxyl groups is 1. The maximum absolute atomic E-state index is 12.9. The van der Waals surface area contributed by atoms with Crippen LogP contribution in [0.25, 0.3) is 0 Å². The predicted molar refractivity (Wildman–Crippen MR) is 98.0 cm³/mol. The van der Waals surface area contributed by atoms with Crippen LogP contribution in [0.15, 0.2) is 36.7 Å². The van der Waals surface area contributed by atoms with Gasteiger partial charge in [-0.1, -0.05) is 0 Å². The summed E-state index contributed by atoms with van der Waals surface area (Å²) in [6, 6.07) is 5.28. The molecule has 2 aromatic rings. The van der Waals surface area contributed by atoms with E-state index in [1.807, 2.05) is 6.92 Å². The highest BCUT2D eigenvalue weighted by atomic mass is 16.5. The third kappa shape index (κ3) is 3.19. The fourth-order valence-corrected chi connectivity index (χ4v) is 3.24. The fourth-order valence-electron chi connectivity index (χ4n) is 3.24. The molecular weight excluding hydrogens is 350 g/mol. The van der Waals surface area contributed by atoms with Crippen LogP contribution in [-0.4, -0.2) is 48.7 Å². The summed E-state index contributed by atoms with van der Waals surface area (Å²) in [4.78, 5) is 30.8. The summed E-state index contributed by atoms with van der Waals surface area (Å²) in [6.45, 7) is 2.19. The van der Waals surface area contributed by atoms with Gasteiger partial charge in [0, 0.05) is 24.5 Å². The number of hydrogen-bond donors (Lipinski definition) is 2. The summed E-state index contributed by atoms with van der Waals surface area (Å²) in [5.41, 5.74) is 1.27. The van der Waals surface area contributed by atoms with E-state index < -0.39 is 24.0 Å². The second kappa shape index (κ2) is 7.63. The maximum atomic E-state index is 12.9. The third-order valence-electron chi connectivity index (χ3n) is 4.54. The van der Waals surface area contributed by atoms with E-state index >= 15 is 0 Å². The second-order valence-electron chi connectivity index (χ2n) is 5.95. The Morgan fingerprint density at radius 1 is 1.22 bits per heavy atom. The minimum Gasteiger partial charge on any atom is -0.493 e. The number of rotatable bonds is 5. The molecule has 1 aliphatic rings. The van der Waals surface area contributed by atoms with E-state index in [4.69, 9.17) is 9.47 Å². The number of benzene rings is 1. The number of carbonyl (C=O) groups is 2. The number of anilines is 1. The average Bonchev–Trinajstić information content (AvgIpc) is 2.71. The van der Waals surface area contributed by atoms with Gasteiger partial charge in [-0.05, 0) is 31.2 Å². The van der Waals surface area contributed by atoms with Crippen LogP contribution in [0.1, 0.15) is 28.9 Å². The van der Waals surface area contributed by atoms with Crippen molar-refractivity contribution in [2.75, 3.05) is 25.7 Å². The van der Waals surface area contributed by atoms with Crippen molar-refractivity contribution in [2.45, 2.75) is 19.1 Å². The summed E-state index contributed by atoms with van der Waals surface area (Å²) in [7, 11) is 2.95. The first-order valence-electron chi connectivity index (χ1n) is 8.48. The normalized spacial score (nSPS) is 18.7. The number of nitrogens with one attached hydrogen (secondary N) is 1. The summed E-state index contributed by atoms with van der Waals surface area (Å²) >= 11 is 0. The SMILES string of the molecule is CCN1C(=O)C(NC(=O)c2ccncc2)C(O)c2c1ccc(OC)c2OC. The highest BCUT2D eigenvalue weighted by molar-refractivity contribution is 6.05. The van der Waals surface area contributed by atoms with E-state index in [1.54, 1.807) is 12.1 Å². The first-order chi connectivity index (χ1) is 13.0. The molecule has 8 nitrogen and oxygen atoms in total. The van der Waals surface area contributed by atoms with Gasteiger partial charge in [-0.2, -0.15) is 0 Å². The molecule has 142 valence electrons. The number of carbonyl (C=O) groups excluding carboxylic acids is 2. The molecule has 1 aliphatic heterocycles. The Morgan fingerprint density at radius 2 is 1.93 bits per heavy atom. The molecule has 0 fully saturated rings. The van der Waals surface area contributed by atoms with Crippen LogP contribution in [-0.2, 0) is 4.79 Å². The molecule has 2 atom stereocenters. The van der Waals surface area contributed by atoms with E-state index in [9.17, 15) is 14.7 Å². The molecule has 0 saturated heterocycles. The molecule has 1 aromatic heterocycles. The maximum Gasteiger partial charge on any atom is 0.252 e. The monoisotopic (exact) mass is 371 g/mol. The number of nitrogens with zero attached hydrogens (tertiary/aromatic N) is 2. The van der Waals surface area contributed by atoms with Gasteiger partial charge >= 0.3 is 0 Å². The van der Waals surface area contributed by atoms with Crippen LogP contribution in [0.5, 0.6) is 11.5 Å². The summed E-state index contributed by atoms with van der Waals surface area (Å²) < 4.78 is 10.7. The molecule has 2 amide bonds. The molecule has 0 saturated carbocycles. The van der Waals surface area contributed by atoms with Crippen molar-refractivity contribution in [3.63, 3.8) is 0 Å². The number of pyridine rings is 1. The molecular formula is C19H21N3O5. The molecule has 27 heavy (non-hydrogen) atoms. The molecule has 3 rings (SSSR count). The Morgan fingerprint density at radius 3 is 2.52 bits per heavy atom. The Balaban J connectivity index is 2.03. The summed E-state index contributed by atoms with van der Waals surface area (Å²) in [6.07, 6.45) is 1.68. The van der Waals surface area contributed by atoms with Gasteiger partial charge in [-0.3, -0.25) is 14.6 Å². The van der Waals surface area contributed by atoms with Crippen molar-refractivity contribution in [1.29, 1.82) is 0 Å². The van der Waals surface area contributed by atoms with Crippen LogP contribution in [0, 0.1) is 0 Å². The number of fused-ring (bicyclic) bond motifs is 1. The van der Waals surface area contributed by atoms with Crippen LogP contribution in [0.3, 0.4) is 0 Å². The predicted octanol–water partition coefficient (Wildman–Crippen LogP) is 1.30. The molecule has 1 aromatic carbocycles. The number of methoxy groups -OCH3 is 2. The van der Waals surface area contributed by atoms with Gasteiger partial charge in [0.2, 0.25) is 0 Å². The van der Waals surface area contributed by atoms with Gasteiger partial charge in [-0.25, -0.2) is 0 Å². The van der Waals surface area contributed by atoms with Gasteiger partial charge in [0.05, 0.1) is 25.5 Å². The number of hydrogen-bond acceptors (Lipinski definition) is 6. The molecule has 2 unspecified atom stereocenters. The van der Waals surface area contributed by atoms with Gasteiger partial charge in [0.15, 0.2) is 11.5 Å². The van der Waals surface area contributed by atoms with Crippen LogP contribution in [0.2, 0.25) is 0 Å². The lowest BCUT2D eigenvalue weighted by Gasteiger charge is -2.38. The first-order valence-corrected chi connectivity index (χ1v) is 8.48. The number of aromatic nitrogens is 1. The minimum absolute atomic E-state index is 0.330. The fraction of sp³-hybridized carbons (Fsp3) is 0.316. The number of amides is 2. The third-order valence-corrected chi connectivity index (χ3v) is 4.54. The highest BCUT2D eigenvalue weighted by Gasteiger charge is 2.42. The molecule has 0 radical (unpaired) electrons. The number of likely N-dealkylation sites (N-methyl/N-ethyl adjacent to an activating group) is 1.